The number of ether oxygens (including phenoxy) is 1. The monoisotopic (exact) mass is 537 g/mol. The molecular formula is C27H27N3O5S2. The van der Waals surface area contributed by atoms with E-state index in [0.717, 1.165) is 20.9 Å². The summed E-state index contributed by atoms with van der Waals surface area (Å²) < 4.78 is 30.5. The number of amides is 2. The fourth-order valence-corrected chi connectivity index (χ4v) is 6.53. The maximum atomic E-state index is 13.1. The van der Waals surface area contributed by atoms with Crippen LogP contribution < -0.4 is 9.62 Å². The average Bonchev–Trinajstić information content (AvgIpc) is 3.34. The number of nitrogens with zero attached hydrogens (tertiary/aromatic N) is 2. The summed E-state index contributed by atoms with van der Waals surface area (Å²) in [5.41, 5.74) is 1.23. The van der Waals surface area contributed by atoms with Gasteiger partial charge in [0, 0.05) is 40.3 Å². The number of anilines is 2. The maximum absolute atomic E-state index is 13.1. The fraction of sp³-hybridized carbons (Fsp3) is 0.259. The number of rotatable bonds is 6. The highest BCUT2D eigenvalue weighted by atomic mass is 32.2. The number of piperidine rings is 1. The molecule has 0 radical (unpaired) electrons. The largest absolute Gasteiger partial charge is 0.450 e. The van der Waals surface area contributed by atoms with Crippen molar-refractivity contribution in [3.05, 3.63) is 71.6 Å². The molecule has 1 fully saturated rings. The molecule has 0 spiro atoms. The highest BCUT2D eigenvalue weighted by Crippen LogP contribution is 2.35. The van der Waals surface area contributed by atoms with Gasteiger partial charge in [0.25, 0.3) is 17.2 Å². The van der Waals surface area contributed by atoms with Gasteiger partial charge in [-0.1, -0.05) is 42.5 Å². The summed E-state index contributed by atoms with van der Waals surface area (Å²) in [7, 11) is 0. The van der Waals surface area contributed by atoms with E-state index >= 15 is 0 Å². The molecule has 0 bridgehead atoms. The molecule has 1 aliphatic heterocycles. The van der Waals surface area contributed by atoms with Crippen molar-refractivity contribution >= 4 is 66.8 Å². The van der Waals surface area contributed by atoms with Crippen LogP contribution >= 0.6 is 11.3 Å². The first-order chi connectivity index (χ1) is 18.0. The molecule has 2 amide bonds. The second-order valence-electron chi connectivity index (χ2n) is 8.75. The van der Waals surface area contributed by atoms with Crippen molar-refractivity contribution in [2.24, 2.45) is 0 Å². The Morgan fingerprint density at radius 1 is 1.08 bits per heavy atom. The average molecular weight is 538 g/mol. The first kappa shape index (κ1) is 25.2. The molecule has 0 saturated carbocycles. The van der Waals surface area contributed by atoms with Gasteiger partial charge in [-0.05, 0) is 49.4 Å². The molecule has 37 heavy (non-hydrogen) atoms. The van der Waals surface area contributed by atoms with E-state index in [1.165, 1.54) is 15.6 Å². The van der Waals surface area contributed by atoms with Crippen LogP contribution in [0.4, 0.5) is 16.2 Å². The van der Waals surface area contributed by atoms with E-state index in [-0.39, 0.29) is 18.0 Å². The summed E-state index contributed by atoms with van der Waals surface area (Å²) in [6.45, 7) is 2.96. The Labute approximate surface area is 221 Å². The van der Waals surface area contributed by atoms with Gasteiger partial charge in [-0.3, -0.25) is 13.7 Å². The highest BCUT2D eigenvalue weighted by Gasteiger charge is 2.31. The van der Waals surface area contributed by atoms with Crippen LogP contribution in [0.1, 0.15) is 29.4 Å². The quantitative estimate of drug-likeness (QED) is 0.300. The zero-order valence-electron chi connectivity index (χ0n) is 20.3. The fourth-order valence-electron chi connectivity index (χ4n) is 4.78. The lowest BCUT2D eigenvalue weighted by atomic mass is 10.0. The predicted octanol–water partition coefficient (Wildman–Crippen LogP) is 5.87. The first-order valence-corrected chi connectivity index (χ1v) is 14.0. The van der Waals surface area contributed by atoms with Gasteiger partial charge < -0.3 is 15.0 Å². The molecule has 1 unspecified atom stereocenters. The van der Waals surface area contributed by atoms with Gasteiger partial charge in [0.2, 0.25) is 0 Å². The summed E-state index contributed by atoms with van der Waals surface area (Å²) in [6.07, 6.45) is 0.704. The number of likely N-dealkylation sites (tertiary alicyclic amines) is 1. The summed E-state index contributed by atoms with van der Waals surface area (Å²) in [4.78, 5) is 27.4. The number of thiophene rings is 1. The number of benzene rings is 3. The van der Waals surface area contributed by atoms with Crippen LogP contribution in [-0.4, -0.2) is 51.4 Å². The molecule has 8 nitrogen and oxygen atoms in total. The SMILES string of the molecule is CCOC(=O)N1CCC(N(c2cccc3c(NC(=O)c4cc5ccccc5s4)cccc23)S(=O)O)CC1. The Morgan fingerprint density at radius 3 is 2.54 bits per heavy atom. The molecule has 5 rings (SSSR count). The second kappa shape index (κ2) is 10.9. The molecule has 1 atom stereocenters. The number of carbonyl (C=O) groups excluding carboxylic acids is 2. The third kappa shape index (κ3) is 5.18. The van der Waals surface area contributed by atoms with Crippen LogP contribution in [0.2, 0.25) is 0 Å². The lowest BCUT2D eigenvalue weighted by molar-refractivity contribution is 0.0975. The van der Waals surface area contributed by atoms with Crippen LogP contribution in [-0.2, 0) is 16.0 Å². The number of nitrogens with one attached hydrogen (secondary N) is 1. The molecule has 192 valence electrons. The van der Waals surface area contributed by atoms with Crippen molar-refractivity contribution < 1.29 is 23.1 Å². The predicted molar refractivity (Wildman–Crippen MR) is 149 cm³/mol. The second-order valence-corrected chi connectivity index (χ2v) is 10.7. The molecule has 3 aromatic carbocycles. The standard InChI is InChI=1S/C27H27N3O5S2/c1-2-35-27(32)29-15-13-19(14-16-29)30(37(33)34)23-11-6-8-20-21(23)9-5-10-22(20)28-26(31)25-17-18-7-3-4-12-24(18)36-25/h3-12,17,19H,2,13-16H2,1H3,(H,28,31)(H,33,34). The van der Waals surface area contributed by atoms with E-state index < -0.39 is 11.3 Å². The highest BCUT2D eigenvalue weighted by molar-refractivity contribution is 7.80. The normalized spacial score (nSPS) is 15.0. The topological polar surface area (TPSA) is 99.2 Å². The number of hydrogen-bond donors (Lipinski definition) is 2. The van der Waals surface area contributed by atoms with Gasteiger partial charge >= 0.3 is 6.09 Å². The Balaban J connectivity index is 1.42. The third-order valence-corrected chi connectivity index (χ3v) is 8.47. The molecular weight excluding hydrogens is 510 g/mol. The smallest absolute Gasteiger partial charge is 0.409 e. The van der Waals surface area contributed by atoms with Crippen molar-refractivity contribution in [3.63, 3.8) is 0 Å². The van der Waals surface area contributed by atoms with Gasteiger partial charge in [-0.2, -0.15) is 0 Å². The van der Waals surface area contributed by atoms with Gasteiger partial charge in [0.05, 0.1) is 17.2 Å². The molecule has 4 aromatic rings. The Kier molecular flexibility index (Phi) is 7.40. The molecule has 10 heteroatoms. The first-order valence-electron chi connectivity index (χ1n) is 12.1. The molecule has 1 aliphatic rings. The van der Waals surface area contributed by atoms with Crippen LogP contribution in [0.3, 0.4) is 0 Å². The van der Waals surface area contributed by atoms with E-state index in [2.05, 4.69) is 5.32 Å². The molecule has 1 saturated heterocycles. The van der Waals surface area contributed by atoms with Crippen LogP contribution in [0.25, 0.3) is 20.9 Å². The minimum atomic E-state index is -2.28. The molecule has 0 aliphatic carbocycles. The van der Waals surface area contributed by atoms with Gasteiger partial charge in [0.1, 0.15) is 0 Å². The Bertz CT molecular complexity index is 1450. The summed E-state index contributed by atoms with van der Waals surface area (Å²) in [5.74, 6) is -0.201. The zero-order chi connectivity index (χ0) is 25.9. The van der Waals surface area contributed by atoms with Crippen molar-refractivity contribution in [1.82, 2.24) is 4.90 Å². The minimum absolute atomic E-state index is 0.201. The molecule has 2 N–H and O–H groups in total. The third-order valence-electron chi connectivity index (χ3n) is 6.52. The zero-order valence-corrected chi connectivity index (χ0v) is 21.9. The van der Waals surface area contributed by atoms with Crippen molar-refractivity contribution in [3.8, 4) is 0 Å². The number of hydrogen-bond acceptors (Lipinski definition) is 5. The minimum Gasteiger partial charge on any atom is -0.450 e. The van der Waals surface area contributed by atoms with Gasteiger partial charge in [0.15, 0.2) is 0 Å². The van der Waals surface area contributed by atoms with E-state index in [0.29, 0.717) is 48.8 Å². The number of fused-ring (bicyclic) bond motifs is 2. The van der Waals surface area contributed by atoms with Gasteiger partial charge in [-0.15, -0.1) is 11.3 Å². The van der Waals surface area contributed by atoms with E-state index in [1.54, 1.807) is 11.8 Å². The summed E-state index contributed by atoms with van der Waals surface area (Å²) in [6, 6.07) is 20.6. The van der Waals surface area contributed by atoms with Crippen LogP contribution in [0.5, 0.6) is 0 Å². The summed E-state index contributed by atoms with van der Waals surface area (Å²) >= 11 is -0.841. The lowest BCUT2D eigenvalue weighted by Gasteiger charge is -2.37. The Morgan fingerprint density at radius 2 is 1.81 bits per heavy atom. The summed E-state index contributed by atoms with van der Waals surface area (Å²) in [5, 5.41) is 5.57. The van der Waals surface area contributed by atoms with Crippen molar-refractivity contribution in [2.45, 2.75) is 25.8 Å². The lowest BCUT2D eigenvalue weighted by Crippen LogP contribution is -2.47. The molecule has 2 heterocycles. The van der Waals surface area contributed by atoms with E-state index in [4.69, 9.17) is 4.74 Å². The van der Waals surface area contributed by atoms with E-state index in [9.17, 15) is 18.4 Å². The van der Waals surface area contributed by atoms with Crippen molar-refractivity contribution in [2.75, 3.05) is 29.3 Å². The number of carbonyl (C=O) groups is 2. The maximum Gasteiger partial charge on any atom is 0.409 e. The van der Waals surface area contributed by atoms with Gasteiger partial charge in [-0.25, -0.2) is 9.00 Å². The molecule has 1 aromatic heterocycles. The van der Waals surface area contributed by atoms with E-state index in [1.807, 2.05) is 66.7 Å². The Hall–Kier alpha value is -3.47. The van der Waals surface area contributed by atoms with Crippen LogP contribution in [0, 0.1) is 0 Å². The van der Waals surface area contributed by atoms with Crippen LogP contribution in [0.15, 0.2) is 66.7 Å². The van der Waals surface area contributed by atoms with Crippen molar-refractivity contribution in [1.29, 1.82) is 0 Å².